The summed E-state index contributed by atoms with van der Waals surface area (Å²) in [4.78, 5) is 3.25. The van der Waals surface area contributed by atoms with Crippen LogP contribution in [-0.4, -0.2) is 15.9 Å². The molecule has 0 radical (unpaired) electrons. The maximum Gasteiger partial charge on any atom is 0.284 e. The molecule has 3 rings (SSSR count). The summed E-state index contributed by atoms with van der Waals surface area (Å²) in [5, 5.41) is 0. The Morgan fingerprint density at radius 1 is 0.833 bits per heavy atom. The predicted octanol–water partition coefficient (Wildman–Crippen LogP) is -2.22. The molecule has 0 atom stereocenters. The van der Waals surface area contributed by atoms with Crippen LogP contribution < -0.4 is 16.8 Å². The molecule has 0 aliphatic rings. The van der Waals surface area contributed by atoms with E-state index in [0.29, 0.717) is 0 Å². The Hall–Kier alpha value is -1.88. The number of nitrogens with one attached hydrogen (secondary N) is 1. The van der Waals surface area contributed by atoms with Crippen LogP contribution >= 0.6 is 0 Å². The lowest BCUT2D eigenvalue weighted by Crippen LogP contribution is -3.00. The van der Waals surface area contributed by atoms with Crippen molar-refractivity contribution < 1.29 is 27.8 Å². The minimum Gasteiger partial charge on any atom is -1.00 e. The van der Waals surface area contributed by atoms with Gasteiger partial charge in [0.2, 0.25) is 0 Å². The third kappa shape index (κ3) is 2.68. The van der Waals surface area contributed by atoms with Gasteiger partial charge in [0.1, 0.15) is 6.20 Å². The van der Waals surface area contributed by atoms with Crippen molar-refractivity contribution in [2.45, 2.75) is 0 Å². The van der Waals surface area contributed by atoms with E-state index in [0.717, 1.165) is 5.65 Å². The first kappa shape index (κ1) is 16.1. The molecule has 2 aromatic heterocycles. The van der Waals surface area contributed by atoms with E-state index in [1.54, 1.807) is 0 Å². The maximum atomic E-state index is 3.25. The quantitative estimate of drug-likeness (QED) is 0.484. The summed E-state index contributed by atoms with van der Waals surface area (Å²) in [6.45, 7) is 0. The first-order chi connectivity index (χ1) is 7.45. The summed E-state index contributed by atoms with van der Waals surface area (Å²) in [6.07, 6.45) is 4.10. The van der Waals surface area contributed by atoms with Crippen molar-refractivity contribution in [3.05, 3.63) is 60.9 Å². The number of H-pyrrole nitrogens is 1. The van der Waals surface area contributed by atoms with Crippen molar-refractivity contribution in [1.82, 2.24) is 4.98 Å². The molecule has 0 aliphatic heterocycles. The predicted molar refractivity (Wildman–Crippen MR) is 66.6 cm³/mol. The van der Waals surface area contributed by atoms with Gasteiger partial charge in [0, 0.05) is 11.6 Å². The fourth-order valence-corrected chi connectivity index (χ4v) is 1.81. The number of aromatic amines is 1. The number of fused-ring (bicyclic) bond motifs is 1. The second-order valence-corrected chi connectivity index (χ2v) is 3.50. The Bertz CT molecular complexity index is 596. The minimum atomic E-state index is 0. The van der Waals surface area contributed by atoms with Gasteiger partial charge in [-0.2, -0.15) is 4.40 Å². The number of pyridine rings is 1. The molecule has 0 saturated carbocycles. The van der Waals surface area contributed by atoms with E-state index in [2.05, 4.69) is 45.9 Å². The molecule has 0 fully saturated rings. The number of halogens is 1. The van der Waals surface area contributed by atoms with Gasteiger partial charge in [-0.05, 0) is 6.07 Å². The van der Waals surface area contributed by atoms with Crippen LogP contribution in [0.2, 0.25) is 0 Å². The van der Waals surface area contributed by atoms with Gasteiger partial charge in [-0.25, -0.2) is 4.98 Å². The minimum absolute atomic E-state index is 0. The lowest BCUT2D eigenvalue weighted by Gasteiger charge is -1.94. The van der Waals surface area contributed by atoms with Crippen LogP contribution in [0.5, 0.6) is 0 Å². The molecule has 1 aromatic carbocycles. The maximum absolute atomic E-state index is 3.25. The highest BCUT2D eigenvalue weighted by molar-refractivity contribution is 5.56. The average Bonchev–Trinajstić information content (AvgIpc) is 2.74. The number of hydrogen-bond donors (Lipinski definition) is 1. The summed E-state index contributed by atoms with van der Waals surface area (Å²) >= 11 is 0. The van der Waals surface area contributed by atoms with Gasteiger partial charge < -0.3 is 23.4 Å². The van der Waals surface area contributed by atoms with E-state index >= 15 is 0 Å². The van der Waals surface area contributed by atoms with Crippen LogP contribution in [0, 0.1) is 0 Å². The van der Waals surface area contributed by atoms with Gasteiger partial charge in [0.25, 0.3) is 5.65 Å². The molecule has 0 bridgehead atoms. The van der Waals surface area contributed by atoms with Crippen LogP contribution in [0.25, 0.3) is 16.9 Å². The number of rotatable bonds is 1. The van der Waals surface area contributed by atoms with Gasteiger partial charge in [-0.15, -0.1) is 0 Å². The van der Waals surface area contributed by atoms with Crippen LogP contribution in [-0.2, 0) is 0 Å². The van der Waals surface area contributed by atoms with Crippen molar-refractivity contribution in [1.29, 1.82) is 0 Å². The first-order valence-corrected chi connectivity index (χ1v) is 4.98. The van der Waals surface area contributed by atoms with Crippen molar-refractivity contribution >= 4 is 5.65 Å². The molecule has 4 nitrogen and oxygen atoms in total. The molecule has 18 heavy (non-hydrogen) atoms. The normalized spacial score (nSPS) is 8.89. The Morgan fingerprint density at radius 3 is 2.22 bits per heavy atom. The highest BCUT2D eigenvalue weighted by atomic mass is 35.5. The van der Waals surface area contributed by atoms with E-state index in [1.165, 1.54) is 11.3 Å². The Kier molecular flexibility index (Phi) is 6.05. The van der Waals surface area contributed by atoms with Gasteiger partial charge >= 0.3 is 0 Å². The largest absolute Gasteiger partial charge is 1.00 e. The standard InChI is InChI=1S/C13H10N2.ClH.2H2O/c1-2-6-11(7-3-1)12-10-14-13-8-4-5-9-15(12)13;;;/h1-10H;1H;2*1H2. The zero-order valence-electron chi connectivity index (χ0n) is 9.60. The first-order valence-electron chi connectivity index (χ1n) is 4.98. The highest BCUT2D eigenvalue weighted by Crippen LogP contribution is 2.14. The molecule has 2 heterocycles. The van der Waals surface area contributed by atoms with E-state index in [1.807, 2.05) is 24.4 Å². The molecule has 5 N–H and O–H groups in total. The van der Waals surface area contributed by atoms with Gasteiger partial charge in [-0.1, -0.05) is 36.4 Å². The summed E-state index contributed by atoms with van der Waals surface area (Å²) in [7, 11) is 0. The Labute approximate surface area is 111 Å². The Morgan fingerprint density at radius 2 is 1.50 bits per heavy atom. The van der Waals surface area contributed by atoms with E-state index in [-0.39, 0.29) is 23.4 Å². The van der Waals surface area contributed by atoms with Crippen molar-refractivity contribution in [3.63, 3.8) is 0 Å². The van der Waals surface area contributed by atoms with Crippen LogP contribution in [0.15, 0.2) is 60.9 Å². The second kappa shape index (κ2) is 6.76. The molecule has 0 unspecified atom stereocenters. The zero-order chi connectivity index (χ0) is 10.1. The average molecular weight is 267 g/mol. The number of imidazole rings is 1. The third-order valence-corrected chi connectivity index (χ3v) is 2.55. The molecule has 5 heteroatoms. The third-order valence-electron chi connectivity index (χ3n) is 2.55. The molecular weight excluding hydrogens is 252 g/mol. The second-order valence-electron chi connectivity index (χ2n) is 3.50. The smallest absolute Gasteiger partial charge is 0.284 e. The summed E-state index contributed by atoms with van der Waals surface area (Å²) < 4.78 is 2.15. The van der Waals surface area contributed by atoms with Crippen molar-refractivity contribution in [2.24, 2.45) is 0 Å². The highest BCUT2D eigenvalue weighted by Gasteiger charge is 2.10. The van der Waals surface area contributed by atoms with Crippen molar-refractivity contribution in [2.75, 3.05) is 0 Å². The number of aromatic nitrogens is 2. The molecule has 0 amide bonds. The Balaban J connectivity index is 0.000000963. The number of nitrogens with zero attached hydrogens (tertiary/aromatic N) is 1. The van der Waals surface area contributed by atoms with Crippen LogP contribution in [0.1, 0.15) is 0 Å². The van der Waals surface area contributed by atoms with Crippen molar-refractivity contribution in [3.8, 4) is 11.3 Å². The van der Waals surface area contributed by atoms with E-state index in [4.69, 9.17) is 0 Å². The van der Waals surface area contributed by atoms with Gasteiger partial charge in [0.05, 0.1) is 6.20 Å². The lowest BCUT2D eigenvalue weighted by atomic mass is 10.2. The molecule has 0 spiro atoms. The lowest BCUT2D eigenvalue weighted by molar-refractivity contribution is -0.497. The number of benzene rings is 1. The van der Waals surface area contributed by atoms with Gasteiger partial charge in [-0.3, -0.25) is 0 Å². The zero-order valence-corrected chi connectivity index (χ0v) is 10.4. The fraction of sp³-hybridized carbons (Fsp3) is 0. The number of hydrogen-bond acceptors (Lipinski definition) is 0. The molecule has 0 aliphatic carbocycles. The van der Waals surface area contributed by atoms with Crippen LogP contribution in [0.4, 0.5) is 0 Å². The van der Waals surface area contributed by atoms with E-state index in [9.17, 15) is 0 Å². The molecular formula is C13H15ClN2O2. The topological polar surface area (TPSA) is 82.9 Å². The molecule has 3 aromatic rings. The SMILES string of the molecule is O.O.[Cl-].c1ccc(-c2c[nH]c3cccc[n+]23)cc1. The van der Waals surface area contributed by atoms with Crippen LogP contribution in [0.3, 0.4) is 0 Å². The summed E-state index contributed by atoms with van der Waals surface area (Å²) in [5.74, 6) is 0. The van der Waals surface area contributed by atoms with E-state index < -0.39 is 0 Å². The monoisotopic (exact) mass is 266 g/mol. The summed E-state index contributed by atoms with van der Waals surface area (Å²) in [6, 6.07) is 16.5. The van der Waals surface area contributed by atoms with Gasteiger partial charge in [0.15, 0.2) is 5.69 Å². The summed E-state index contributed by atoms with van der Waals surface area (Å²) in [5.41, 5.74) is 3.52. The molecule has 96 valence electrons. The molecule has 0 saturated heterocycles. The fourth-order valence-electron chi connectivity index (χ4n) is 1.81.